The number of rotatable bonds is 1. The van der Waals surface area contributed by atoms with Crippen LogP contribution in [0.15, 0.2) is 0 Å². The molecule has 0 aromatic carbocycles. The fraction of sp³-hybridized carbons (Fsp3) is 0.933. The van der Waals surface area contributed by atoms with E-state index in [0.29, 0.717) is 5.92 Å². The normalized spacial score (nSPS) is 34.0. The van der Waals surface area contributed by atoms with E-state index in [1.54, 1.807) is 0 Å². The number of carbonyl (C=O) groups is 1. The van der Waals surface area contributed by atoms with E-state index in [-0.39, 0.29) is 23.6 Å². The fourth-order valence-electron chi connectivity index (χ4n) is 3.00. The Hall–Kier alpha value is -0.770. The van der Waals surface area contributed by atoms with Gasteiger partial charge in [-0.05, 0) is 51.4 Å². The molecule has 1 unspecified atom stereocenters. The van der Waals surface area contributed by atoms with Gasteiger partial charge in [0, 0.05) is 18.6 Å². The van der Waals surface area contributed by atoms with Gasteiger partial charge in [0.15, 0.2) is 0 Å². The zero-order valence-corrected chi connectivity index (χ0v) is 12.9. The van der Waals surface area contributed by atoms with Crippen LogP contribution in [0.1, 0.15) is 53.9 Å². The maximum absolute atomic E-state index is 12.4. The summed E-state index contributed by atoms with van der Waals surface area (Å²) in [6.45, 7) is 10.9. The highest BCUT2D eigenvalue weighted by Crippen LogP contribution is 2.43. The summed E-state index contributed by atoms with van der Waals surface area (Å²) in [6, 6.07) is 0.550. The molecule has 1 aliphatic carbocycles. The second-order valence-corrected chi connectivity index (χ2v) is 7.94. The number of carbonyl (C=O) groups excluding carboxylic acids is 1. The first-order valence-electron chi connectivity index (χ1n) is 7.34. The standard InChI is InChI=1S/C15H28N2O2/c1-14(2,3)19-13(18)17-9-15(4,5)7-6-12(17)10-8-11(10)16/h10-12H,6-9,16H2,1-5H3/t10-,11-,12?/m1/s1. The van der Waals surface area contributed by atoms with Crippen molar-refractivity contribution in [3.63, 3.8) is 0 Å². The minimum absolute atomic E-state index is 0.173. The summed E-state index contributed by atoms with van der Waals surface area (Å²) in [4.78, 5) is 14.4. The van der Waals surface area contributed by atoms with Crippen molar-refractivity contribution in [1.29, 1.82) is 0 Å². The van der Waals surface area contributed by atoms with Gasteiger partial charge in [-0.1, -0.05) is 13.8 Å². The molecule has 1 aliphatic heterocycles. The van der Waals surface area contributed by atoms with E-state index in [0.717, 1.165) is 25.8 Å². The second kappa shape index (κ2) is 4.65. The summed E-state index contributed by atoms with van der Waals surface area (Å²) < 4.78 is 5.56. The highest BCUT2D eigenvalue weighted by atomic mass is 16.6. The molecular formula is C15H28N2O2. The van der Waals surface area contributed by atoms with Crippen molar-refractivity contribution in [2.24, 2.45) is 17.1 Å². The third kappa shape index (κ3) is 3.62. The monoisotopic (exact) mass is 268 g/mol. The molecule has 1 amide bonds. The van der Waals surface area contributed by atoms with Crippen LogP contribution in [0.25, 0.3) is 0 Å². The molecule has 3 atom stereocenters. The molecule has 1 saturated carbocycles. The third-order valence-electron chi connectivity index (χ3n) is 4.13. The van der Waals surface area contributed by atoms with Gasteiger partial charge < -0.3 is 15.4 Å². The molecule has 1 saturated heterocycles. The molecule has 0 radical (unpaired) electrons. The Morgan fingerprint density at radius 3 is 2.42 bits per heavy atom. The van der Waals surface area contributed by atoms with Crippen molar-refractivity contribution in [3.05, 3.63) is 0 Å². The SMILES string of the molecule is CC1(C)CCC([C@@H]2C[C@H]2N)N(C(=O)OC(C)(C)C)C1. The minimum atomic E-state index is -0.436. The first kappa shape index (κ1) is 14.6. The molecular weight excluding hydrogens is 240 g/mol. The molecule has 2 N–H and O–H groups in total. The first-order chi connectivity index (χ1) is 8.59. The molecule has 2 aliphatic rings. The van der Waals surface area contributed by atoms with Gasteiger partial charge in [0.1, 0.15) is 5.60 Å². The fourth-order valence-corrected chi connectivity index (χ4v) is 3.00. The van der Waals surface area contributed by atoms with Crippen molar-refractivity contribution >= 4 is 6.09 Å². The Morgan fingerprint density at radius 2 is 1.95 bits per heavy atom. The lowest BCUT2D eigenvalue weighted by Gasteiger charge is -2.44. The molecule has 1 heterocycles. The summed E-state index contributed by atoms with van der Waals surface area (Å²) >= 11 is 0. The van der Waals surface area contributed by atoms with Crippen LogP contribution in [0.2, 0.25) is 0 Å². The molecule has 0 bridgehead atoms. The number of ether oxygens (including phenoxy) is 1. The zero-order valence-electron chi connectivity index (χ0n) is 12.9. The lowest BCUT2D eigenvalue weighted by atomic mass is 9.80. The highest BCUT2D eigenvalue weighted by Gasteiger charge is 2.48. The van der Waals surface area contributed by atoms with Gasteiger partial charge in [0.2, 0.25) is 0 Å². The van der Waals surface area contributed by atoms with Crippen LogP contribution in [0.4, 0.5) is 4.79 Å². The average Bonchev–Trinajstić information content (AvgIpc) is 2.91. The number of nitrogens with two attached hydrogens (primary N) is 1. The van der Waals surface area contributed by atoms with Crippen molar-refractivity contribution < 1.29 is 9.53 Å². The first-order valence-corrected chi connectivity index (χ1v) is 7.34. The number of amides is 1. The van der Waals surface area contributed by atoms with E-state index >= 15 is 0 Å². The van der Waals surface area contributed by atoms with Gasteiger partial charge in [-0.3, -0.25) is 0 Å². The predicted molar refractivity (Wildman–Crippen MR) is 75.8 cm³/mol. The molecule has 0 aromatic heterocycles. The van der Waals surface area contributed by atoms with Crippen LogP contribution in [0.5, 0.6) is 0 Å². The average molecular weight is 268 g/mol. The van der Waals surface area contributed by atoms with Crippen molar-refractivity contribution in [2.45, 2.75) is 71.6 Å². The summed E-state index contributed by atoms with van der Waals surface area (Å²) in [5.41, 5.74) is 5.71. The van der Waals surface area contributed by atoms with E-state index < -0.39 is 5.60 Å². The number of hydrogen-bond donors (Lipinski definition) is 1. The quantitative estimate of drug-likeness (QED) is 0.795. The molecule has 0 aromatic rings. The van der Waals surface area contributed by atoms with Gasteiger partial charge >= 0.3 is 6.09 Å². The molecule has 110 valence electrons. The summed E-state index contributed by atoms with van der Waals surface area (Å²) in [5.74, 6) is 0.476. The Labute approximate surface area is 116 Å². The lowest BCUT2D eigenvalue weighted by molar-refractivity contribution is -0.0114. The molecule has 4 heteroatoms. The maximum atomic E-state index is 12.4. The number of hydrogen-bond acceptors (Lipinski definition) is 3. The van der Waals surface area contributed by atoms with Crippen LogP contribution in [0, 0.1) is 11.3 Å². The molecule has 2 fully saturated rings. The smallest absolute Gasteiger partial charge is 0.410 e. The Morgan fingerprint density at radius 1 is 1.37 bits per heavy atom. The second-order valence-electron chi connectivity index (χ2n) is 7.94. The van der Waals surface area contributed by atoms with Gasteiger partial charge in [-0.15, -0.1) is 0 Å². The van der Waals surface area contributed by atoms with Gasteiger partial charge in [0.05, 0.1) is 0 Å². The number of nitrogens with zero attached hydrogens (tertiary/aromatic N) is 1. The van der Waals surface area contributed by atoms with E-state index in [9.17, 15) is 4.79 Å². The van der Waals surface area contributed by atoms with Crippen molar-refractivity contribution in [1.82, 2.24) is 4.90 Å². The lowest BCUT2D eigenvalue weighted by Crippen LogP contribution is -2.52. The van der Waals surface area contributed by atoms with Crippen molar-refractivity contribution in [3.8, 4) is 0 Å². The molecule has 19 heavy (non-hydrogen) atoms. The highest BCUT2D eigenvalue weighted by molar-refractivity contribution is 5.69. The van der Waals surface area contributed by atoms with E-state index in [1.807, 2.05) is 25.7 Å². The van der Waals surface area contributed by atoms with Crippen molar-refractivity contribution in [2.75, 3.05) is 6.54 Å². The van der Waals surface area contributed by atoms with Crippen LogP contribution < -0.4 is 5.73 Å². The molecule has 4 nitrogen and oxygen atoms in total. The van der Waals surface area contributed by atoms with E-state index in [2.05, 4.69) is 13.8 Å². The maximum Gasteiger partial charge on any atom is 0.410 e. The molecule has 2 rings (SSSR count). The Bertz CT molecular complexity index is 360. The number of piperidine rings is 1. The molecule has 0 spiro atoms. The zero-order chi connectivity index (χ0) is 14.4. The van der Waals surface area contributed by atoms with Gasteiger partial charge in [-0.2, -0.15) is 0 Å². The van der Waals surface area contributed by atoms with E-state index in [1.165, 1.54) is 0 Å². The topological polar surface area (TPSA) is 55.6 Å². The minimum Gasteiger partial charge on any atom is -0.444 e. The summed E-state index contributed by atoms with van der Waals surface area (Å²) in [7, 11) is 0. The van der Waals surface area contributed by atoms with Crippen LogP contribution in [-0.4, -0.2) is 35.2 Å². The van der Waals surface area contributed by atoms with Gasteiger partial charge in [-0.25, -0.2) is 4.79 Å². The Balaban J connectivity index is 2.09. The van der Waals surface area contributed by atoms with Gasteiger partial charge in [0.25, 0.3) is 0 Å². The summed E-state index contributed by atoms with van der Waals surface area (Å²) in [6.07, 6.45) is 3.07. The van der Waals surface area contributed by atoms with Crippen LogP contribution >= 0.6 is 0 Å². The largest absolute Gasteiger partial charge is 0.444 e. The summed E-state index contributed by atoms with van der Waals surface area (Å²) in [5, 5.41) is 0. The third-order valence-corrected chi connectivity index (χ3v) is 4.13. The number of likely N-dealkylation sites (tertiary alicyclic amines) is 1. The Kier molecular flexibility index (Phi) is 3.58. The van der Waals surface area contributed by atoms with E-state index in [4.69, 9.17) is 10.5 Å². The predicted octanol–water partition coefficient (Wildman–Crippen LogP) is 2.76. The van der Waals surface area contributed by atoms with Crippen LogP contribution in [0.3, 0.4) is 0 Å². The van der Waals surface area contributed by atoms with Crippen LogP contribution in [-0.2, 0) is 4.74 Å².